The Hall–Kier alpha value is -10.3. The summed E-state index contributed by atoms with van der Waals surface area (Å²) in [6.07, 6.45) is 20.9. The number of para-hydroxylation sites is 1. The maximum atomic E-state index is 6.49. The van der Waals surface area contributed by atoms with Crippen LogP contribution >= 0.6 is 92.8 Å². The quantitative estimate of drug-likeness (QED) is 0.0703. The molecule has 11 heterocycles. The first-order valence-electron chi connectivity index (χ1n) is 35.2. The van der Waals surface area contributed by atoms with Gasteiger partial charge in [0.1, 0.15) is 45.7 Å². The largest absolute Gasteiger partial charge is 0.497 e. The zero-order chi connectivity index (χ0) is 78.3. The summed E-state index contributed by atoms with van der Waals surface area (Å²) < 4.78 is 29.9. The van der Waals surface area contributed by atoms with Gasteiger partial charge in [0.05, 0.1) is 82.1 Å². The van der Waals surface area contributed by atoms with Crippen molar-refractivity contribution in [1.29, 1.82) is 0 Å². The molecule has 1 saturated heterocycles. The lowest BCUT2D eigenvalue weighted by molar-refractivity contribution is 0.122. The zero-order valence-electron chi connectivity index (χ0n) is 60.5. The van der Waals surface area contributed by atoms with Gasteiger partial charge < -0.3 is 46.8 Å². The van der Waals surface area contributed by atoms with Crippen LogP contribution < -0.4 is 42.0 Å². The molecule has 112 heavy (non-hydrogen) atoms. The van der Waals surface area contributed by atoms with E-state index in [9.17, 15) is 0 Å². The van der Waals surface area contributed by atoms with E-state index in [4.69, 9.17) is 135 Å². The fraction of sp³-hybridized carbons (Fsp3) is 0.129. The SMILES string of the molecule is COc1cc(OC)cc(-c2cnc3cc(CN)c(-c4ccc(Cl)cc4Cl)cn23)c1.COc1ccccc1-c1cnc2cc(CN)c(-c3ccc(Cl)cc3Cl)cn12.NCc1cc2ncc(-c3ccc(N4CCOCC4)nc3)n2cc1-c1ccc(Cl)cc1Cl.NCc1cc2ncc(-c3cccnc3)n2cc1-c1ccc(Cl)cc1Cl. The molecule has 0 unspecified atom stereocenters. The van der Waals surface area contributed by atoms with Crippen LogP contribution in [0, 0.1) is 0 Å². The number of imidazole rings is 4. The van der Waals surface area contributed by atoms with Crippen molar-refractivity contribution in [3.05, 3.63) is 294 Å². The van der Waals surface area contributed by atoms with Crippen LogP contribution in [0.25, 0.3) is 112 Å². The van der Waals surface area contributed by atoms with Crippen molar-refractivity contribution in [2.75, 3.05) is 52.5 Å². The van der Waals surface area contributed by atoms with E-state index in [2.05, 4.69) is 40.9 Å². The Labute approximate surface area is 685 Å². The number of morpholine rings is 1. The van der Waals surface area contributed by atoms with Crippen LogP contribution in [-0.2, 0) is 30.9 Å². The second-order valence-electron chi connectivity index (χ2n) is 25.7. The minimum Gasteiger partial charge on any atom is -0.497 e. The number of nitrogens with zero attached hydrogens (tertiary/aromatic N) is 11. The van der Waals surface area contributed by atoms with Crippen LogP contribution in [-0.4, -0.2) is 95.1 Å². The third kappa shape index (κ3) is 16.8. The number of fused-ring (bicyclic) bond motifs is 4. The first-order valence-corrected chi connectivity index (χ1v) is 38.2. The number of methoxy groups -OCH3 is 3. The molecule has 1 fully saturated rings. The molecule has 10 aromatic heterocycles. The number of aromatic nitrogens is 10. The Morgan fingerprint density at radius 2 is 0.732 bits per heavy atom. The molecule has 16 aromatic rings. The van der Waals surface area contributed by atoms with E-state index in [1.807, 2.05) is 213 Å². The second kappa shape index (κ2) is 35.2. The third-order valence-corrected chi connectivity index (χ3v) is 21.3. The summed E-state index contributed by atoms with van der Waals surface area (Å²) in [5.41, 5.74) is 46.0. The smallest absolute Gasteiger partial charge is 0.137 e. The van der Waals surface area contributed by atoms with E-state index in [0.717, 1.165) is 172 Å². The molecule has 6 aromatic carbocycles. The summed E-state index contributed by atoms with van der Waals surface area (Å²) >= 11 is 50.1. The summed E-state index contributed by atoms with van der Waals surface area (Å²) in [6, 6.07) is 51.4. The fourth-order valence-electron chi connectivity index (χ4n) is 13.4. The van der Waals surface area contributed by atoms with E-state index in [-0.39, 0.29) is 0 Å². The van der Waals surface area contributed by atoms with Crippen molar-refractivity contribution < 1.29 is 18.9 Å². The molecule has 19 nitrogen and oxygen atoms in total. The molecule has 566 valence electrons. The topological polar surface area (TPSA) is 239 Å². The van der Waals surface area contributed by atoms with Crippen LogP contribution in [0.5, 0.6) is 17.2 Å². The summed E-state index contributed by atoms with van der Waals surface area (Å²) in [7, 11) is 4.91. The monoisotopic (exact) mass is 1650 g/mol. The van der Waals surface area contributed by atoms with Gasteiger partial charge in [-0.3, -0.25) is 22.6 Å². The average molecular weight is 1650 g/mol. The van der Waals surface area contributed by atoms with E-state index < -0.39 is 0 Å². The fourth-order valence-corrected chi connectivity index (χ4v) is 15.5. The van der Waals surface area contributed by atoms with Crippen LogP contribution in [0.15, 0.2) is 232 Å². The van der Waals surface area contributed by atoms with Gasteiger partial charge in [0, 0.05) is 196 Å². The highest BCUT2D eigenvalue weighted by atomic mass is 35.5. The highest BCUT2D eigenvalue weighted by molar-refractivity contribution is 6.38. The molecule has 1 aliphatic heterocycles. The Morgan fingerprint density at radius 3 is 1.09 bits per heavy atom. The minimum atomic E-state index is 0.361. The summed E-state index contributed by atoms with van der Waals surface area (Å²) in [4.78, 5) is 29.3. The summed E-state index contributed by atoms with van der Waals surface area (Å²) in [6.45, 7) is 4.68. The standard InChI is InChI=1S/C23H21Cl2N5O.C22H19Cl2N3O2.C21H17Cl2N3O.C19H14Cl2N4/c24-17-2-3-18(20(25)10-17)19-14-30-21(13-28-23(30)9-16(19)11-26)15-1-4-22(27-12-15)29-5-7-31-8-6-29;1-28-16-5-13(6-17(9-16)29-2)21-11-26-22-7-14(10-25)19(12-27(21)22)18-4-3-15(23)8-20(18)24;1-27-20-5-3-2-4-16(20)19-11-25-21-8-13(10-24)17(12-26(19)21)15-7-6-14(22)9-18(15)23;20-14-3-4-15(17(21)7-14)16-11-25-18(12-2-1-5-23-9-12)10-24-19(25)6-13(16)8-22/h1-4,9-10,12-14H,5-8,11,26H2;3-9,11-12H,10,25H2,1-2H3;2-9,11-12H,10,24H2,1H3;1-7,9-11H,8,22H2. The molecule has 0 atom stereocenters. The van der Waals surface area contributed by atoms with Gasteiger partial charge in [0.15, 0.2) is 0 Å². The number of hydrogen-bond donors (Lipinski definition) is 4. The molecule has 1 aliphatic rings. The molecule has 0 amide bonds. The molecule has 0 aliphatic carbocycles. The highest BCUT2D eigenvalue weighted by Crippen LogP contribution is 2.41. The Bertz CT molecular complexity index is 6090. The van der Waals surface area contributed by atoms with Gasteiger partial charge in [-0.2, -0.15) is 0 Å². The number of halogens is 8. The molecule has 0 bridgehead atoms. The van der Waals surface area contributed by atoms with Crippen molar-refractivity contribution >= 4 is 121 Å². The van der Waals surface area contributed by atoms with Crippen molar-refractivity contribution in [1.82, 2.24) is 47.5 Å². The van der Waals surface area contributed by atoms with Crippen LogP contribution in [0.2, 0.25) is 40.2 Å². The molecular weight excluding hydrogens is 1580 g/mol. The van der Waals surface area contributed by atoms with E-state index >= 15 is 0 Å². The molecular formula is C85H71Cl8N15O4. The zero-order valence-corrected chi connectivity index (χ0v) is 66.5. The highest BCUT2D eigenvalue weighted by Gasteiger charge is 2.22. The van der Waals surface area contributed by atoms with Crippen molar-refractivity contribution in [2.45, 2.75) is 26.2 Å². The van der Waals surface area contributed by atoms with Crippen LogP contribution in [0.4, 0.5) is 5.82 Å². The van der Waals surface area contributed by atoms with Crippen LogP contribution in [0.1, 0.15) is 22.3 Å². The van der Waals surface area contributed by atoms with Gasteiger partial charge in [-0.15, -0.1) is 0 Å². The number of benzene rings is 6. The maximum Gasteiger partial charge on any atom is 0.137 e. The van der Waals surface area contributed by atoms with E-state index in [1.54, 1.807) is 51.8 Å². The molecule has 0 saturated carbocycles. The average Bonchev–Trinajstić information content (AvgIpc) is 1.59. The van der Waals surface area contributed by atoms with E-state index in [0.29, 0.717) is 77.9 Å². The minimum absolute atomic E-state index is 0.361. The first-order chi connectivity index (χ1) is 54.5. The number of rotatable bonds is 16. The van der Waals surface area contributed by atoms with E-state index in [1.165, 1.54) is 0 Å². The van der Waals surface area contributed by atoms with Crippen molar-refractivity contribution in [2.24, 2.45) is 22.9 Å². The van der Waals surface area contributed by atoms with Gasteiger partial charge in [-0.25, -0.2) is 24.9 Å². The second-order valence-corrected chi connectivity index (χ2v) is 29.1. The lowest BCUT2D eigenvalue weighted by atomic mass is 10.0. The summed E-state index contributed by atoms with van der Waals surface area (Å²) in [5, 5.41) is 4.69. The van der Waals surface area contributed by atoms with Crippen LogP contribution in [0.3, 0.4) is 0 Å². The van der Waals surface area contributed by atoms with Gasteiger partial charge in [0.25, 0.3) is 0 Å². The molecule has 0 radical (unpaired) electrons. The lowest BCUT2D eigenvalue weighted by Crippen LogP contribution is -2.36. The molecule has 0 spiro atoms. The van der Waals surface area contributed by atoms with Gasteiger partial charge in [-0.1, -0.05) is 129 Å². The Morgan fingerprint density at radius 1 is 0.348 bits per heavy atom. The number of ether oxygens (including phenoxy) is 4. The lowest BCUT2D eigenvalue weighted by Gasteiger charge is -2.27. The number of pyridine rings is 6. The Kier molecular flexibility index (Phi) is 24.6. The number of hydrogen-bond acceptors (Lipinski definition) is 15. The molecule has 27 heteroatoms. The number of anilines is 1. The maximum absolute atomic E-state index is 6.49. The molecule has 17 rings (SSSR count). The first kappa shape index (κ1) is 78.4. The number of nitrogens with two attached hydrogens (primary N) is 4. The predicted molar refractivity (Wildman–Crippen MR) is 454 cm³/mol. The van der Waals surface area contributed by atoms with Crippen molar-refractivity contribution in [3.63, 3.8) is 0 Å². The normalized spacial score (nSPS) is 12.0. The van der Waals surface area contributed by atoms with Gasteiger partial charge in [-0.05, 0) is 144 Å². The summed E-state index contributed by atoms with van der Waals surface area (Å²) in [5.74, 6) is 3.15. The van der Waals surface area contributed by atoms with Gasteiger partial charge >= 0.3 is 0 Å². The predicted octanol–water partition coefficient (Wildman–Crippen LogP) is 20.4. The van der Waals surface area contributed by atoms with Gasteiger partial charge in [0.2, 0.25) is 0 Å². The van der Waals surface area contributed by atoms with Crippen molar-refractivity contribution in [3.8, 4) is 107 Å². The third-order valence-electron chi connectivity index (χ3n) is 19.1. The molecule has 8 N–H and O–H groups in total. The Balaban J connectivity index is 0.000000124.